The molecule has 0 aliphatic carbocycles. The van der Waals surface area contributed by atoms with Crippen LogP contribution in [-0.2, 0) is 10.1 Å². The van der Waals surface area contributed by atoms with E-state index in [0.717, 1.165) is 0 Å². The molecule has 0 amide bonds. The Hall–Kier alpha value is 0.467. The minimum atomic E-state index is -3.97. The van der Waals surface area contributed by atoms with E-state index in [1.54, 1.807) is 0 Å². The molecule has 1 unspecified atom stereocenters. The van der Waals surface area contributed by atoms with Crippen LogP contribution in [0.1, 0.15) is 8.35 Å². The van der Waals surface area contributed by atoms with Gasteiger partial charge in [0.2, 0.25) is 0 Å². The van der Waals surface area contributed by atoms with Crippen LogP contribution in [-0.4, -0.2) is 29.9 Å². The third-order valence-electron chi connectivity index (χ3n) is 0.452. The zero-order valence-corrected chi connectivity index (χ0v) is 6.22. The van der Waals surface area contributed by atoms with Gasteiger partial charge in [0, 0.05) is 0 Å². The van der Waals surface area contributed by atoms with Crippen molar-refractivity contribution in [3.05, 3.63) is 0 Å². The fourth-order valence-corrected chi connectivity index (χ4v) is 0.914. The molecular formula is C3H9LiO4S. The smallest absolute Gasteiger partial charge is 1.00 e. The molecule has 0 fully saturated rings. The number of aliphatic hydroxyl groups is 1. The van der Waals surface area contributed by atoms with E-state index in [4.69, 9.17) is 9.66 Å². The molecule has 0 heterocycles. The van der Waals surface area contributed by atoms with Crippen LogP contribution in [0.2, 0.25) is 0 Å². The molecule has 0 bridgehead atoms. The predicted octanol–water partition coefficient (Wildman–Crippen LogP) is -3.63. The number of rotatable bonds is 2. The second-order valence-electron chi connectivity index (χ2n) is 1.60. The third-order valence-corrected chi connectivity index (χ3v) is 1.36. The average molecular weight is 148 g/mol. The fourth-order valence-electron chi connectivity index (χ4n) is 0.305. The molecule has 0 aromatic heterocycles. The summed E-state index contributed by atoms with van der Waals surface area (Å²) in [6.45, 7) is 1.29. The van der Waals surface area contributed by atoms with Crippen molar-refractivity contribution in [2.45, 2.75) is 13.0 Å². The molecule has 0 aromatic rings. The van der Waals surface area contributed by atoms with E-state index >= 15 is 0 Å². The van der Waals surface area contributed by atoms with Gasteiger partial charge in [-0.1, -0.05) is 0 Å². The van der Waals surface area contributed by atoms with Gasteiger partial charge in [0.05, 0.1) is 6.10 Å². The summed E-state index contributed by atoms with van der Waals surface area (Å²) in [6, 6.07) is 0. The standard InChI is InChI=1S/C3H8O4S.Li.H/c1-3(4)2-8(5,6)7;;/h3-4H,2H2,1H3,(H,5,6,7);;/q;+1;-1. The number of aliphatic hydroxyl groups excluding tert-OH is 1. The molecule has 6 heteroatoms. The Balaban J connectivity index is -0.000000245. The first-order valence-corrected chi connectivity index (χ1v) is 3.66. The zero-order valence-electron chi connectivity index (χ0n) is 6.40. The van der Waals surface area contributed by atoms with Gasteiger partial charge in [-0.25, -0.2) is 0 Å². The van der Waals surface area contributed by atoms with Gasteiger partial charge < -0.3 is 6.53 Å². The Morgan fingerprint density at radius 3 is 2.00 bits per heavy atom. The molecular weight excluding hydrogens is 139 g/mol. The van der Waals surface area contributed by atoms with Crippen molar-refractivity contribution in [3.63, 3.8) is 0 Å². The SMILES string of the molecule is CC(O)CS(=O)(=O)O.[H-].[Li+]. The van der Waals surface area contributed by atoms with Gasteiger partial charge in [0.1, 0.15) is 5.75 Å². The second-order valence-corrected chi connectivity index (χ2v) is 3.09. The summed E-state index contributed by atoms with van der Waals surface area (Å²) >= 11 is 0. The van der Waals surface area contributed by atoms with Crippen LogP contribution in [0.5, 0.6) is 0 Å². The molecule has 9 heavy (non-hydrogen) atoms. The summed E-state index contributed by atoms with van der Waals surface area (Å²) in [6.07, 6.45) is -0.995. The van der Waals surface area contributed by atoms with Crippen molar-refractivity contribution in [1.82, 2.24) is 0 Å². The normalized spacial score (nSPS) is 14.1. The number of hydrogen-bond donors (Lipinski definition) is 2. The summed E-state index contributed by atoms with van der Waals surface area (Å²) in [5, 5.41) is 8.35. The van der Waals surface area contributed by atoms with E-state index in [0.29, 0.717) is 0 Å². The van der Waals surface area contributed by atoms with Gasteiger partial charge in [-0.2, -0.15) is 8.42 Å². The summed E-state index contributed by atoms with van der Waals surface area (Å²) < 4.78 is 27.7. The van der Waals surface area contributed by atoms with Gasteiger partial charge in [0.25, 0.3) is 10.1 Å². The van der Waals surface area contributed by atoms with E-state index in [1.165, 1.54) is 6.92 Å². The predicted molar refractivity (Wildman–Crippen MR) is 29.2 cm³/mol. The van der Waals surface area contributed by atoms with Crippen molar-refractivity contribution >= 4 is 10.1 Å². The van der Waals surface area contributed by atoms with E-state index < -0.39 is 22.0 Å². The molecule has 0 saturated heterocycles. The van der Waals surface area contributed by atoms with E-state index in [9.17, 15) is 8.42 Å². The number of hydrogen-bond acceptors (Lipinski definition) is 3. The van der Waals surface area contributed by atoms with Crippen molar-refractivity contribution in [1.29, 1.82) is 0 Å². The van der Waals surface area contributed by atoms with E-state index in [1.807, 2.05) is 0 Å². The minimum absolute atomic E-state index is 0. The first-order chi connectivity index (χ1) is 3.42. The van der Waals surface area contributed by atoms with Crippen LogP contribution in [0.3, 0.4) is 0 Å². The third kappa shape index (κ3) is 11.8. The van der Waals surface area contributed by atoms with Gasteiger partial charge in [-0.3, -0.25) is 4.55 Å². The Bertz CT molecular complexity index is 154. The molecule has 0 aliphatic rings. The zero-order chi connectivity index (χ0) is 6.78. The van der Waals surface area contributed by atoms with Crippen molar-refractivity contribution in [3.8, 4) is 0 Å². The Kier molecular flexibility index (Phi) is 5.83. The molecule has 0 radical (unpaired) electrons. The first kappa shape index (κ1) is 12.2. The summed E-state index contributed by atoms with van der Waals surface area (Å²) in [4.78, 5) is 0. The van der Waals surface area contributed by atoms with Gasteiger partial charge in [0.15, 0.2) is 0 Å². The monoisotopic (exact) mass is 148 g/mol. The molecule has 0 rings (SSSR count). The molecule has 0 aliphatic heterocycles. The van der Waals surface area contributed by atoms with Crippen molar-refractivity contribution in [2.24, 2.45) is 0 Å². The quantitative estimate of drug-likeness (QED) is 0.313. The molecule has 4 nitrogen and oxygen atoms in total. The van der Waals surface area contributed by atoms with E-state index in [-0.39, 0.29) is 20.3 Å². The second kappa shape index (κ2) is 4.31. The largest absolute Gasteiger partial charge is 1.00 e. The fraction of sp³-hybridized carbons (Fsp3) is 1.00. The van der Waals surface area contributed by atoms with Gasteiger partial charge in [-0.15, -0.1) is 0 Å². The maximum atomic E-state index is 9.84. The van der Waals surface area contributed by atoms with Crippen LogP contribution < -0.4 is 18.9 Å². The summed E-state index contributed by atoms with van der Waals surface area (Å²) in [5.74, 6) is -0.590. The Morgan fingerprint density at radius 2 is 2.00 bits per heavy atom. The molecule has 2 N–H and O–H groups in total. The molecule has 0 spiro atoms. The van der Waals surface area contributed by atoms with Gasteiger partial charge >= 0.3 is 18.9 Å². The maximum absolute atomic E-state index is 9.84. The molecule has 1 atom stereocenters. The van der Waals surface area contributed by atoms with Crippen LogP contribution in [0.25, 0.3) is 0 Å². The molecule has 0 saturated carbocycles. The topological polar surface area (TPSA) is 74.6 Å². The average Bonchev–Trinajstić information content (AvgIpc) is 1.21. The Labute approximate surface area is 67.7 Å². The molecule has 52 valence electrons. The molecule has 0 aromatic carbocycles. The maximum Gasteiger partial charge on any atom is 1.00 e. The Morgan fingerprint density at radius 1 is 1.67 bits per heavy atom. The summed E-state index contributed by atoms with van der Waals surface area (Å²) in [7, 11) is -3.97. The van der Waals surface area contributed by atoms with Crippen LogP contribution >= 0.6 is 0 Å². The van der Waals surface area contributed by atoms with E-state index in [2.05, 4.69) is 0 Å². The van der Waals surface area contributed by atoms with Crippen LogP contribution in [0, 0.1) is 0 Å². The summed E-state index contributed by atoms with van der Waals surface area (Å²) in [5.41, 5.74) is 0. The van der Waals surface area contributed by atoms with Crippen molar-refractivity contribution < 1.29 is 38.4 Å². The first-order valence-electron chi connectivity index (χ1n) is 2.05. The van der Waals surface area contributed by atoms with Crippen LogP contribution in [0.4, 0.5) is 0 Å². The van der Waals surface area contributed by atoms with Crippen LogP contribution in [0.15, 0.2) is 0 Å². The minimum Gasteiger partial charge on any atom is -1.00 e. The van der Waals surface area contributed by atoms with Gasteiger partial charge in [-0.05, 0) is 6.92 Å². The van der Waals surface area contributed by atoms with Crippen molar-refractivity contribution in [2.75, 3.05) is 5.75 Å².